The number of carbonyl (C=O) groups is 3. The summed E-state index contributed by atoms with van der Waals surface area (Å²) in [6, 6.07) is 20.7. The number of anilines is 3. The van der Waals surface area contributed by atoms with Gasteiger partial charge in [0.05, 0.1) is 23.7 Å². The average Bonchev–Trinajstić information content (AvgIpc) is 3.22. The van der Waals surface area contributed by atoms with Crippen LogP contribution >= 0.6 is 11.6 Å². The maximum absolute atomic E-state index is 12.7. The van der Waals surface area contributed by atoms with Crippen molar-refractivity contribution < 1.29 is 19.1 Å². The number of halogens is 1. The number of methoxy groups -OCH3 is 1. The number of amides is 3. The predicted octanol–water partition coefficient (Wildman–Crippen LogP) is 4.59. The van der Waals surface area contributed by atoms with Crippen LogP contribution in [-0.2, 0) is 9.59 Å². The fraction of sp³-hybridized carbons (Fsp3) is 0.160. The zero-order valence-corrected chi connectivity index (χ0v) is 18.6. The van der Waals surface area contributed by atoms with Gasteiger partial charge in [0.15, 0.2) is 0 Å². The molecule has 168 valence electrons. The molecule has 8 heteroatoms. The molecule has 0 spiro atoms. The van der Waals surface area contributed by atoms with E-state index in [2.05, 4.69) is 10.6 Å². The Morgan fingerprint density at radius 2 is 1.58 bits per heavy atom. The summed E-state index contributed by atoms with van der Waals surface area (Å²) in [6.07, 6.45) is 0.111. The third kappa shape index (κ3) is 5.15. The topological polar surface area (TPSA) is 87.7 Å². The van der Waals surface area contributed by atoms with E-state index in [9.17, 15) is 14.4 Å². The molecule has 3 aromatic rings. The fourth-order valence-corrected chi connectivity index (χ4v) is 3.85. The second-order valence-electron chi connectivity index (χ2n) is 7.61. The predicted molar refractivity (Wildman–Crippen MR) is 128 cm³/mol. The van der Waals surface area contributed by atoms with Crippen molar-refractivity contribution in [3.8, 4) is 5.75 Å². The number of hydrogen-bond acceptors (Lipinski definition) is 4. The van der Waals surface area contributed by atoms with Crippen molar-refractivity contribution in [3.63, 3.8) is 0 Å². The molecule has 1 aliphatic rings. The lowest BCUT2D eigenvalue weighted by molar-refractivity contribution is -0.122. The van der Waals surface area contributed by atoms with Gasteiger partial charge < -0.3 is 20.3 Å². The molecule has 0 unspecified atom stereocenters. The van der Waals surface area contributed by atoms with Gasteiger partial charge in [0, 0.05) is 29.9 Å². The molecule has 3 amide bonds. The number of rotatable bonds is 6. The minimum absolute atomic E-state index is 0.111. The minimum atomic E-state index is -0.494. The van der Waals surface area contributed by atoms with Crippen LogP contribution in [0.3, 0.4) is 0 Å². The second-order valence-corrected chi connectivity index (χ2v) is 8.01. The van der Waals surface area contributed by atoms with E-state index in [4.69, 9.17) is 16.3 Å². The molecule has 7 nitrogen and oxygen atoms in total. The summed E-state index contributed by atoms with van der Waals surface area (Å²) in [4.78, 5) is 39.2. The second kappa shape index (κ2) is 9.75. The fourth-order valence-electron chi connectivity index (χ4n) is 3.61. The Hall–Kier alpha value is -3.84. The lowest BCUT2D eigenvalue weighted by Crippen LogP contribution is -2.28. The Morgan fingerprint density at radius 1 is 0.939 bits per heavy atom. The van der Waals surface area contributed by atoms with Gasteiger partial charge in [-0.25, -0.2) is 0 Å². The molecule has 3 aromatic carbocycles. The molecule has 1 aliphatic heterocycles. The van der Waals surface area contributed by atoms with Crippen molar-refractivity contribution in [3.05, 3.63) is 83.4 Å². The van der Waals surface area contributed by atoms with Crippen molar-refractivity contribution >= 4 is 46.4 Å². The Labute approximate surface area is 196 Å². The van der Waals surface area contributed by atoms with Crippen LogP contribution in [0.1, 0.15) is 16.8 Å². The van der Waals surface area contributed by atoms with Crippen LogP contribution in [0, 0.1) is 5.92 Å². The first kappa shape index (κ1) is 22.4. The molecule has 0 bridgehead atoms. The van der Waals surface area contributed by atoms with Gasteiger partial charge in [-0.05, 0) is 60.7 Å². The maximum atomic E-state index is 12.7. The molecule has 4 rings (SSSR count). The number of nitrogens with zero attached hydrogens (tertiary/aromatic N) is 1. The smallest absolute Gasteiger partial charge is 0.255 e. The van der Waals surface area contributed by atoms with E-state index in [1.54, 1.807) is 84.8 Å². The highest BCUT2D eigenvalue weighted by atomic mass is 35.5. The molecule has 0 aliphatic carbocycles. The average molecular weight is 464 g/mol. The van der Waals surface area contributed by atoms with E-state index in [1.165, 1.54) is 0 Å². The number of nitrogens with one attached hydrogen (secondary N) is 2. The number of benzene rings is 3. The van der Waals surface area contributed by atoms with Gasteiger partial charge in [-0.3, -0.25) is 14.4 Å². The summed E-state index contributed by atoms with van der Waals surface area (Å²) in [5.74, 6) is -0.462. The number of carbonyl (C=O) groups excluding carboxylic acids is 3. The van der Waals surface area contributed by atoms with Gasteiger partial charge >= 0.3 is 0 Å². The lowest BCUT2D eigenvalue weighted by atomic mass is 10.1. The monoisotopic (exact) mass is 463 g/mol. The molecule has 33 heavy (non-hydrogen) atoms. The summed E-state index contributed by atoms with van der Waals surface area (Å²) in [5.41, 5.74) is 2.24. The van der Waals surface area contributed by atoms with E-state index in [0.29, 0.717) is 33.4 Å². The normalized spacial score (nSPS) is 15.3. The number of para-hydroxylation sites is 1. The Kier molecular flexibility index (Phi) is 6.60. The van der Waals surface area contributed by atoms with E-state index < -0.39 is 5.92 Å². The quantitative estimate of drug-likeness (QED) is 0.559. The van der Waals surface area contributed by atoms with E-state index in [1.807, 2.05) is 0 Å². The molecule has 0 radical (unpaired) electrons. The maximum Gasteiger partial charge on any atom is 0.255 e. The Bertz CT molecular complexity index is 1180. The van der Waals surface area contributed by atoms with Crippen LogP contribution < -0.4 is 20.3 Å². The standard InChI is InChI=1S/C25H22ClN3O4/c1-33-20-12-10-19(11-13-20)27-24(31)16-6-8-18(9-7-16)28-25(32)17-14-23(30)29(15-17)22-5-3-2-4-21(22)26/h2-13,17H,14-15H2,1H3,(H,27,31)(H,28,32)/t17-/m1/s1. The summed E-state index contributed by atoms with van der Waals surface area (Å²) in [7, 11) is 1.58. The van der Waals surface area contributed by atoms with E-state index in [0.717, 1.165) is 0 Å². The van der Waals surface area contributed by atoms with Crippen molar-refractivity contribution in [1.82, 2.24) is 0 Å². The van der Waals surface area contributed by atoms with Gasteiger partial charge in [0.25, 0.3) is 5.91 Å². The summed E-state index contributed by atoms with van der Waals surface area (Å²) in [5, 5.41) is 6.10. The molecule has 0 saturated carbocycles. The van der Waals surface area contributed by atoms with Gasteiger partial charge in [-0.15, -0.1) is 0 Å². The largest absolute Gasteiger partial charge is 0.497 e. The van der Waals surface area contributed by atoms with Gasteiger partial charge in [-0.2, -0.15) is 0 Å². The molecule has 0 aromatic heterocycles. The summed E-state index contributed by atoms with van der Waals surface area (Å²) >= 11 is 6.20. The van der Waals surface area contributed by atoms with Crippen molar-refractivity contribution in [2.24, 2.45) is 5.92 Å². The highest BCUT2D eigenvalue weighted by Gasteiger charge is 2.35. The SMILES string of the molecule is COc1ccc(NC(=O)c2ccc(NC(=O)[C@@H]3CC(=O)N(c4ccccc4Cl)C3)cc2)cc1. The molecular weight excluding hydrogens is 442 g/mol. The molecule has 1 saturated heterocycles. The van der Waals surface area contributed by atoms with Crippen LogP contribution in [0.25, 0.3) is 0 Å². The zero-order valence-electron chi connectivity index (χ0n) is 17.9. The van der Waals surface area contributed by atoms with Gasteiger partial charge in [0.1, 0.15) is 5.75 Å². The van der Waals surface area contributed by atoms with Crippen molar-refractivity contribution in [2.75, 3.05) is 29.2 Å². The number of hydrogen-bond donors (Lipinski definition) is 2. The third-order valence-electron chi connectivity index (χ3n) is 5.40. The first-order valence-corrected chi connectivity index (χ1v) is 10.7. The van der Waals surface area contributed by atoms with Crippen molar-refractivity contribution in [2.45, 2.75) is 6.42 Å². The first-order valence-electron chi connectivity index (χ1n) is 10.4. The minimum Gasteiger partial charge on any atom is -0.497 e. The summed E-state index contributed by atoms with van der Waals surface area (Å²) in [6.45, 7) is 0.261. The first-order chi connectivity index (χ1) is 15.9. The molecule has 1 fully saturated rings. The van der Waals surface area contributed by atoms with Crippen LogP contribution in [0.2, 0.25) is 5.02 Å². The van der Waals surface area contributed by atoms with Crippen molar-refractivity contribution in [1.29, 1.82) is 0 Å². The Morgan fingerprint density at radius 3 is 2.24 bits per heavy atom. The molecule has 1 heterocycles. The highest BCUT2D eigenvalue weighted by Crippen LogP contribution is 2.31. The van der Waals surface area contributed by atoms with Crippen LogP contribution in [0.5, 0.6) is 5.75 Å². The van der Waals surface area contributed by atoms with Gasteiger partial charge in [-0.1, -0.05) is 23.7 Å². The third-order valence-corrected chi connectivity index (χ3v) is 5.72. The molecular formula is C25H22ClN3O4. The van der Waals surface area contributed by atoms with Gasteiger partial charge in [0.2, 0.25) is 11.8 Å². The molecule has 2 N–H and O–H groups in total. The van der Waals surface area contributed by atoms with E-state index >= 15 is 0 Å². The highest BCUT2D eigenvalue weighted by molar-refractivity contribution is 6.34. The van der Waals surface area contributed by atoms with Crippen LogP contribution in [-0.4, -0.2) is 31.4 Å². The Balaban J connectivity index is 1.35. The summed E-state index contributed by atoms with van der Waals surface area (Å²) < 4.78 is 5.11. The number of ether oxygens (including phenoxy) is 1. The molecule has 1 atom stereocenters. The van der Waals surface area contributed by atoms with Crippen LogP contribution in [0.4, 0.5) is 17.1 Å². The zero-order chi connectivity index (χ0) is 23.4. The lowest BCUT2D eigenvalue weighted by Gasteiger charge is -2.18. The van der Waals surface area contributed by atoms with Crippen LogP contribution in [0.15, 0.2) is 72.8 Å². The van der Waals surface area contributed by atoms with E-state index in [-0.39, 0.29) is 30.7 Å².